The number of nitrogens with one attached hydrogen (secondary N) is 1. The highest BCUT2D eigenvalue weighted by Gasteiger charge is 2.31. The van der Waals surface area contributed by atoms with Gasteiger partial charge < -0.3 is 15.6 Å². The first-order valence-electron chi connectivity index (χ1n) is 8.73. The molecule has 0 aliphatic heterocycles. The van der Waals surface area contributed by atoms with E-state index in [1.54, 1.807) is 0 Å². The van der Waals surface area contributed by atoms with E-state index in [0.717, 1.165) is 31.5 Å². The predicted molar refractivity (Wildman–Crippen MR) is 91.5 cm³/mol. The number of nitrogens with zero attached hydrogens (tertiary/aromatic N) is 3. The molecule has 0 spiro atoms. The van der Waals surface area contributed by atoms with Gasteiger partial charge in [-0.05, 0) is 32.6 Å². The zero-order valence-electron chi connectivity index (χ0n) is 14.0. The number of hydrogen-bond donors (Lipinski definition) is 2. The standard InChI is InChI=1S/C16H25N5O2S/c1-10(15(23)18-12-4-2-3-5-12)24-16-20-19-14(11-6-7-11)21(16)9-8-13(17)22/h10-12H,2-9H2,1H3,(H2,17,22)(H,18,23). The molecule has 2 saturated carbocycles. The van der Waals surface area contributed by atoms with Gasteiger partial charge in [0.25, 0.3) is 0 Å². The summed E-state index contributed by atoms with van der Waals surface area (Å²) in [5, 5.41) is 12.1. The summed E-state index contributed by atoms with van der Waals surface area (Å²) in [6, 6.07) is 0.315. The second-order valence-corrected chi connectivity index (χ2v) is 8.04. The van der Waals surface area contributed by atoms with Gasteiger partial charge in [0.05, 0.1) is 5.25 Å². The van der Waals surface area contributed by atoms with Gasteiger partial charge >= 0.3 is 0 Å². The summed E-state index contributed by atoms with van der Waals surface area (Å²) >= 11 is 1.40. The molecule has 2 amide bonds. The largest absolute Gasteiger partial charge is 0.370 e. The van der Waals surface area contributed by atoms with Crippen LogP contribution in [0.1, 0.15) is 63.6 Å². The van der Waals surface area contributed by atoms with Gasteiger partial charge in [-0.25, -0.2) is 0 Å². The van der Waals surface area contributed by atoms with Gasteiger partial charge in [0, 0.05) is 24.9 Å². The van der Waals surface area contributed by atoms with Crippen LogP contribution in [-0.4, -0.2) is 37.9 Å². The maximum absolute atomic E-state index is 12.4. The number of amides is 2. The zero-order chi connectivity index (χ0) is 17.1. The quantitative estimate of drug-likeness (QED) is 0.692. The van der Waals surface area contributed by atoms with Crippen LogP contribution in [0.3, 0.4) is 0 Å². The van der Waals surface area contributed by atoms with Crippen LogP contribution in [0.4, 0.5) is 0 Å². The Labute approximate surface area is 146 Å². The Hall–Kier alpha value is -1.57. The maximum atomic E-state index is 12.4. The van der Waals surface area contributed by atoms with Crippen molar-refractivity contribution in [1.82, 2.24) is 20.1 Å². The van der Waals surface area contributed by atoms with Crippen molar-refractivity contribution in [3.05, 3.63) is 5.82 Å². The van der Waals surface area contributed by atoms with E-state index < -0.39 is 0 Å². The molecular formula is C16H25N5O2S. The van der Waals surface area contributed by atoms with E-state index in [2.05, 4.69) is 15.5 Å². The normalized spacial score (nSPS) is 19.4. The topological polar surface area (TPSA) is 103 Å². The molecule has 24 heavy (non-hydrogen) atoms. The first kappa shape index (κ1) is 17.3. The highest BCUT2D eigenvalue weighted by atomic mass is 32.2. The van der Waals surface area contributed by atoms with E-state index in [1.807, 2.05) is 11.5 Å². The van der Waals surface area contributed by atoms with Crippen molar-refractivity contribution in [3.63, 3.8) is 0 Å². The van der Waals surface area contributed by atoms with Gasteiger partial charge in [-0.2, -0.15) is 0 Å². The average molecular weight is 351 g/mol. The first-order chi connectivity index (χ1) is 11.5. The van der Waals surface area contributed by atoms with Crippen LogP contribution in [0, 0.1) is 0 Å². The molecule has 1 heterocycles. The lowest BCUT2D eigenvalue weighted by atomic mass is 10.2. The highest BCUT2D eigenvalue weighted by Crippen LogP contribution is 2.40. The summed E-state index contributed by atoms with van der Waals surface area (Å²) < 4.78 is 1.96. The van der Waals surface area contributed by atoms with Gasteiger partial charge in [0.15, 0.2) is 5.16 Å². The van der Waals surface area contributed by atoms with Crippen molar-refractivity contribution in [2.45, 2.75) is 80.8 Å². The number of rotatable bonds is 8. The number of carbonyl (C=O) groups excluding carboxylic acids is 2. The molecule has 1 aromatic heterocycles. The summed E-state index contributed by atoms with van der Waals surface area (Å²) in [5.74, 6) is 1.06. The number of aromatic nitrogens is 3. The molecule has 1 atom stereocenters. The van der Waals surface area contributed by atoms with Crippen LogP contribution < -0.4 is 11.1 Å². The van der Waals surface area contributed by atoms with Crippen LogP contribution in [0.2, 0.25) is 0 Å². The van der Waals surface area contributed by atoms with Crippen LogP contribution in [0.5, 0.6) is 0 Å². The van der Waals surface area contributed by atoms with E-state index in [-0.39, 0.29) is 23.5 Å². The smallest absolute Gasteiger partial charge is 0.233 e. The lowest BCUT2D eigenvalue weighted by molar-refractivity contribution is -0.121. The Balaban J connectivity index is 1.64. The Morgan fingerprint density at radius 3 is 2.62 bits per heavy atom. The number of primary amides is 1. The number of hydrogen-bond acceptors (Lipinski definition) is 5. The van der Waals surface area contributed by atoms with Crippen LogP contribution in [0.15, 0.2) is 5.16 Å². The molecule has 2 aliphatic rings. The number of carbonyl (C=O) groups is 2. The Morgan fingerprint density at radius 2 is 2.00 bits per heavy atom. The molecular weight excluding hydrogens is 326 g/mol. The molecule has 3 N–H and O–H groups in total. The van der Waals surface area contributed by atoms with Crippen molar-refractivity contribution in [2.24, 2.45) is 5.73 Å². The van der Waals surface area contributed by atoms with Gasteiger partial charge in [-0.1, -0.05) is 24.6 Å². The number of thioether (sulfide) groups is 1. The van der Waals surface area contributed by atoms with Crippen molar-refractivity contribution in [3.8, 4) is 0 Å². The van der Waals surface area contributed by atoms with Crippen molar-refractivity contribution < 1.29 is 9.59 Å². The average Bonchev–Trinajstić information content (AvgIpc) is 3.11. The van der Waals surface area contributed by atoms with E-state index in [9.17, 15) is 9.59 Å². The van der Waals surface area contributed by atoms with E-state index >= 15 is 0 Å². The minimum absolute atomic E-state index is 0.0457. The Morgan fingerprint density at radius 1 is 1.29 bits per heavy atom. The molecule has 132 valence electrons. The SMILES string of the molecule is CC(Sc1nnc(C2CC2)n1CCC(N)=O)C(=O)NC1CCCC1. The second kappa shape index (κ2) is 7.55. The highest BCUT2D eigenvalue weighted by molar-refractivity contribution is 8.00. The third-order valence-corrected chi connectivity index (χ3v) is 5.70. The van der Waals surface area contributed by atoms with Crippen LogP contribution >= 0.6 is 11.8 Å². The summed E-state index contributed by atoms with van der Waals surface area (Å²) in [7, 11) is 0. The maximum Gasteiger partial charge on any atom is 0.233 e. The van der Waals surface area contributed by atoms with E-state index in [1.165, 1.54) is 24.6 Å². The van der Waals surface area contributed by atoms with Gasteiger partial charge in [-0.3, -0.25) is 9.59 Å². The minimum atomic E-state index is -0.339. The second-order valence-electron chi connectivity index (χ2n) is 6.73. The van der Waals surface area contributed by atoms with Crippen molar-refractivity contribution in [2.75, 3.05) is 0 Å². The molecule has 1 aromatic rings. The summed E-state index contributed by atoms with van der Waals surface area (Å²) in [6.45, 7) is 2.37. The summed E-state index contributed by atoms with van der Waals surface area (Å²) in [6.07, 6.45) is 7.01. The van der Waals surface area contributed by atoms with Crippen LogP contribution in [-0.2, 0) is 16.1 Å². The molecule has 7 nitrogen and oxygen atoms in total. The fraction of sp³-hybridized carbons (Fsp3) is 0.750. The third kappa shape index (κ3) is 4.28. The van der Waals surface area contributed by atoms with Gasteiger partial charge in [0.1, 0.15) is 5.82 Å². The molecule has 8 heteroatoms. The summed E-state index contributed by atoms with van der Waals surface area (Å²) in [4.78, 5) is 23.5. The molecule has 0 aromatic carbocycles. The van der Waals surface area contributed by atoms with E-state index in [4.69, 9.17) is 5.73 Å². The van der Waals surface area contributed by atoms with Crippen molar-refractivity contribution >= 4 is 23.6 Å². The van der Waals surface area contributed by atoms with Gasteiger partial charge in [0.2, 0.25) is 11.8 Å². The Bertz CT molecular complexity index is 608. The summed E-state index contributed by atoms with van der Waals surface area (Å²) in [5.41, 5.74) is 5.28. The van der Waals surface area contributed by atoms with Crippen LogP contribution in [0.25, 0.3) is 0 Å². The molecule has 0 saturated heterocycles. The molecule has 0 bridgehead atoms. The predicted octanol–water partition coefficient (Wildman–Crippen LogP) is 1.57. The fourth-order valence-electron chi connectivity index (χ4n) is 3.06. The Kier molecular flexibility index (Phi) is 5.43. The van der Waals surface area contributed by atoms with Gasteiger partial charge in [-0.15, -0.1) is 10.2 Å². The molecule has 3 rings (SSSR count). The van der Waals surface area contributed by atoms with E-state index in [0.29, 0.717) is 23.7 Å². The minimum Gasteiger partial charge on any atom is -0.370 e. The lowest BCUT2D eigenvalue weighted by Gasteiger charge is -2.16. The molecule has 1 unspecified atom stereocenters. The molecule has 2 fully saturated rings. The zero-order valence-corrected chi connectivity index (χ0v) is 14.8. The van der Waals surface area contributed by atoms with Crippen molar-refractivity contribution in [1.29, 1.82) is 0 Å². The monoisotopic (exact) mass is 351 g/mol. The molecule has 0 radical (unpaired) electrons. The fourth-order valence-corrected chi connectivity index (χ4v) is 3.95. The molecule has 2 aliphatic carbocycles. The number of nitrogens with two attached hydrogens (primary N) is 1. The third-order valence-electron chi connectivity index (χ3n) is 4.62. The lowest BCUT2D eigenvalue weighted by Crippen LogP contribution is -2.37. The first-order valence-corrected chi connectivity index (χ1v) is 9.61.